The molecule has 0 bridgehead atoms. The smallest absolute Gasteiger partial charge is 0.407 e. The van der Waals surface area contributed by atoms with E-state index in [1.54, 1.807) is 0 Å². The van der Waals surface area contributed by atoms with Crippen molar-refractivity contribution in [2.24, 2.45) is 0 Å². The van der Waals surface area contributed by atoms with Crippen molar-refractivity contribution in [3.63, 3.8) is 0 Å². The number of hydrogen-bond donors (Lipinski definition) is 2. The van der Waals surface area contributed by atoms with Gasteiger partial charge in [0, 0.05) is 23.3 Å². The molecule has 1 amide bonds. The summed E-state index contributed by atoms with van der Waals surface area (Å²) in [7, 11) is 0. The SMILES string of the molecule is Cc1nc(Cl)nc(NCCCOC(=O)NC(C)(C)C)c1C. The van der Waals surface area contributed by atoms with E-state index in [0.29, 0.717) is 25.4 Å². The minimum atomic E-state index is -0.403. The number of hydrogen-bond acceptors (Lipinski definition) is 5. The van der Waals surface area contributed by atoms with E-state index in [1.807, 2.05) is 34.6 Å². The van der Waals surface area contributed by atoms with Crippen LogP contribution in [-0.4, -0.2) is 34.8 Å². The van der Waals surface area contributed by atoms with Crippen LogP contribution >= 0.6 is 11.6 Å². The van der Waals surface area contributed by atoms with E-state index in [4.69, 9.17) is 16.3 Å². The van der Waals surface area contributed by atoms with E-state index < -0.39 is 6.09 Å². The number of carbonyl (C=O) groups excluding carboxylic acids is 1. The molecule has 0 saturated heterocycles. The Hall–Kier alpha value is -1.56. The zero-order valence-electron chi connectivity index (χ0n) is 13.2. The number of aromatic nitrogens is 2. The number of rotatable bonds is 5. The summed E-state index contributed by atoms with van der Waals surface area (Å²) in [5.74, 6) is 0.714. The Kier molecular flexibility index (Phi) is 6.20. The third-order valence-electron chi connectivity index (χ3n) is 2.69. The monoisotopic (exact) mass is 314 g/mol. The molecule has 21 heavy (non-hydrogen) atoms. The standard InChI is InChI=1S/C14H23ClN4O2/c1-9-10(2)17-12(15)18-11(9)16-7-6-8-21-13(20)19-14(3,4)5/h6-8H2,1-5H3,(H,19,20)(H,16,17,18). The highest BCUT2D eigenvalue weighted by Crippen LogP contribution is 2.16. The summed E-state index contributed by atoms with van der Waals surface area (Å²) >= 11 is 5.83. The van der Waals surface area contributed by atoms with Gasteiger partial charge in [0.1, 0.15) is 5.82 Å². The normalized spacial score (nSPS) is 11.1. The zero-order chi connectivity index (χ0) is 16.0. The highest BCUT2D eigenvalue weighted by atomic mass is 35.5. The molecule has 0 radical (unpaired) electrons. The average Bonchev–Trinajstić information content (AvgIpc) is 2.32. The highest BCUT2D eigenvalue weighted by Gasteiger charge is 2.14. The first-order chi connectivity index (χ1) is 9.69. The lowest BCUT2D eigenvalue weighted by atomic mass is 10.1. The van der Waals surface area contributed by atoms with E-state index in [0.717, 1.165) is 11.3 Å². The Morgan fingerprint density at radius 1 is 1.29 bits per heavy atom. The van der Waals surface area contributed by atoms with Crippen molar-refractivity contribution in [3.8, 4) is 0 Å². The van der Waals surface area contributed by atoms with Gasteiger partial charge in [-0.3, -0.25) is 0 Å². The van der Waals surface area contributed by atoms with Gasteiger partial charge in [-0.1, -0.05) is 0 Å². The Morgan fingerprint density at radius 2 is 1.95 bits per heavy atom. The van der Waals surface area contributed by atoms with Crippen LogP contribution in [0, 0.1) is 13.8 Å². The van der Waals surface area contributed by atoms with Crippen LogP contribution in [0.15, 0.2) is 0 Å². The van der Waals surface area contributed by atoms with Gasteiger partial charge in [-0.15, -0.1) is 0 Å². The summed E-state index contributed by atoms with van der Waals surface area (Å²) < 4.78 is 5.08. The molecule has 6 nitrogen and oxygen atoms in total. The fraction of sp³-hybridized carbons (Fsp3) is 0.643. The zero-order valence-corrected chi connectivity index (χ0v) is 14.0. The number of anilines is 1. The van der Waals surface area contributed by atoms with Crippen molar-refractivity contribution in [3.05, 3.63) is 16.5 Å². The Bertz CT molecular complexity index is 500. The van der Waals surface area contributed by atoms with Crippen molar-refractivity contribution >= 4 is 23.5 Å². The van der Waals surface area contributed by atoms with Crippen molar-refractivity contribution in [2.45, 2.75) is 46.6 Å². The van der Waals surface area contributed by atoms with Crippen molar-refractivity contribution in [1.82, 2.24) is 15.3 Å². The first-order valence-corrected chi connectivity index (χ1v) is 7.26. The summed E-state index contributed by atoms with van der Waals surface area (Å²) in [4.78, 5) is 19.7. The van der Waals surface area contributed by atoms with Gasteiger partial charge in [0.25, 0.3) is 0 Å². The van der Waals surface area contributed by atoms with Crippen molar-refractivity contribution in [2.75, 3.05) is 18.5 Å². The highest BCUT2D eigenvalue weighted by molar-refractivity contribution is 6.28. The molecule has 0 aliphatic heterocycles. The predicted octanol–water partition coefficient (Wildman–Crippen LogP) is 3.07. The van der Waals surface area contributed by atoms with Gasteiger partial charge in [0.05, 0.1) is 6.61 Å². The summed E-state index contributed by atoms with van der Waals surface area (Å²) in [6.07, 6.45) is 0.275. The molecular weight excluding hydrogens is 292 g/mol. The molecule has 1 aromatic rings. The number of aryl methyl sites for hydroxylation is 1. The van der Waals surface area contributed by atoms with Crippen LogP contribution in [0.25, 0.3) is 0 Å². The van der Waals surface area contributed by atoms with Gasteiger partial charge in [-0.25, -0.2) is 14.8 Å². The van der Waals surface area contributed by atoms with Gasteiger partial charge in [-0.05, 0) is 52.6 Å². The molecule has 0 atom stereocenters. The molecule has 1 rings (SSSR count). The predicted molar refractivity (Wildman–Crippen MR) is 83.9 cm³/mol. The molecule has 0 saturated carbocycles. The van der Waals surface area contributed by atoms with E-state index in [9.17, 15) is 4.79 Å². The van der Waals surface area contributed by atoms with Crippen molar-refractivity contribution < 1.29 is 9.53 Å². The fourth-order valence-electron chi connectivity index (χ4n) is 1.55. The maximum absolute atomic E-state index is 11.4. The van der Waals surface area contributed by atoms with Crippen LogP contribution in [-0.2, 0) is 4.74 Å². The lowest BCUT2D eigenvalue weighted by Gasteiger charge is -2.20. The molecule has 2 N–H and O–H groups in total. The van der Waals surface area contributed by atoms with Crippen LogP contribution in [0.2, 0.25) is 5.28 Å². The molecule has 1 heterocycles. The van der Waals surface area contributed by atoms with E-state index in [1.165, 1.54) is 0 Å². The summed E-state index contributed by atoms with van der Waals surface area (Å²) in [6, 6.07) is 0. The Morgan fingerprint density at radius 3 is 2.57 bits per heavy atom. The van der Waals surface area contributed by atoms with Crippen LogP contribution in [0.3, 0.4) is 0 Å². The first kappa shape index (κ1) is 17.5. The number of nitrogens with zero attached hydrogens (tertiary/aromatic N) is 2. The topological polar surface area (TPSA) is 76.1 Å². The third kappa shape index (κ3) is 6.62. The van der Waals surface area contributed by atoms with Gasteiger partial charge in [0.15, 0.2) is 0 Å². The second kappa shape index (κ2) is 7.45. The quantitative estimate of drug-likeness (QED) is 0.645. The fourth-order valence-corrected chi connectivity index (χ4v) is 1.76. The van der Waals surface area contributed by atoms with Crippen LogP contribution in [0.4, 0.5) is 10.6 Å². The number of ether oxygens (including phenoxy) is 1. The van der Waals surface area contributed by atoms with Crippen LogP contribution in [0.5, 0.6) is 0 Å². The maximum Gasteiger partial charge on any atom is 0.407 e. The summed E-state index contributed by atoms with van der Waals surface area (Å²) in [5, 5.41) is 6.12. The van der Waals surface area contributed by atoms with Gasteiger partial charge < -0.3 is 15.4 Å². The summed E-state index contributed by atoms with van der Waals surface area (Å²) in [6.45, 7) is 10.5. The molecule has 1 aromatic heterocycles. The number of amides is 1. The van der Waals surface area contributed by atoms with Crippen LogP contribution in [0.1, 0.15) is 38.4 Å². The van der Waals surface area contributed by atoms with E-state index >= 15 is 0 Å². The average molecular weight is 315 g/mol. The number of halogens is 1. The lowest BCUT2D eigenvalue weighted by Crippen LogP contribution is -2.41. The second-order valence-corrected chi connectivity index (χ2v) is 6.18. The number of nitrogens with one attached hydrogen (secondary N) is 2. The van der Waals surface area contributed by atoms with Gasteiger partial charge >= 0.3 is 6.09 Å². The molecule has 0 fully saturated rings. The lowest BCUT2D eigenvalue weighted by molar-refractivity contribution is 0.137. The second-order valence-electron chi connectivity index (χ2n) is 5.84. The Labute approximate surface area is 130 Å². The van der Waals surface area contributed by atoms with E-state index in [-0.39, 0.29) is 10.8 Å². The molecule has 0 aliphatic carbocycles. The van der Waals surface area contributed by atoms with Gasteiger partial charge in [0.2, 0.25) is 5.28 Å². The molecule has 0 spiro atoms. The minimum absolute atomic E-state index is 0.224. The first-order valence-electron chi connectivity index (χ1n) is 6.88. The molecule has 7 heteroatoms. The van der Waals surface area contributed by atoms with Crippen molar-refractivity contribution in [1.29, 1.82) is 0 Å². The Balaban J connectivity index is 2.31. The van der Waals surface area contributed by atoms with Gasteiger partial charge in [-0.2, -0.15) is 0 Å². The van der Waals surface area contributed by atoms with E-state index in [2.05, 4.69) is 20.6 Å². The maximum atomic E-state index is 11.4. The molecule has 0 aromatic carbocycles. The molecule has 118 valence electrons. The third-order valence-corrected chi connectivity index (χ3v) is 2.85. The number of alkyl carbamates (subject to hydrolysis) is 1. The largest absolute Gasteiger partial charge is 0.449 e. The summed E-state index contributed by atoms with van der Waals surface area (Å²) in [5.41, 5.74) is 1.52. The molecule has 0 unspecified atom stereocenters. The molecule has 0 aliphatic rings. The minimum Gasteiger partial charge on any atom is -0.449 e. The number of carbonyl (C=O) groups is 1. The molecular formula is C14H23ClN4O2. The van der Waals surface area contributed by atoms with Crippen LogP contribution < -0.4 is 10.6 Å².